The van der Waals surface area contributed by atoms with Gasteiger partial charge in [0.2, 0.25) is 0 Å². The Morgan fingerprint density at radius 3 is 2.56 bits per heavy atom. The lowest BCUT2D eigenvalue weighted by Gasteiger charge is -2.34. The first-order valence-corrected chi connectivity index (χ1v) is 12.5. The van der Waals surface area contributed by atoms with E-state index in [4.69, 9.17) is 28.3 Å². The summed E-state index contributed by atoms with van der Waals surface area (Å²) in [7, 11) is 1.87. The number of carboxylic acids is 1. The number of aromatic nitrogens is 1. The van der Waals surface area contributed by atoms with Crippen molar-refractivity contribution in [3.8, 4) is 5.75 Å². The third kappa shape index (κ3) is 5.47. The number of carbonyl (C=O) groups is 1. The molecule has 0 bridgehead atoms. The van der Waals surface area contributed by atoms with Gasteiger partial charge in [-0.05, 0) is 61.1 Å². The first-order valence-electron chi connectivity index (χ1n) is 11.7. The quantitative estimate of drug-likeness (QED) is 0.332. The molecule has 36 heavy (non-hydrogen) atoms. The zero-order valence-electron chi connectivity index (χ0n) is 20.2. The number of alkyl halides is 2. The fourth-order valence-corrected chi connectivity index (χ4v) is 5.57. The van der Waals surface area contributed by atoms with E-state index in [1.54, 1.807) is 12.1 Å². The largest absolute Gasteiger partial charge is 0.481 e. The van der Waals surface area contributed by atoms with Gasteiger partial charge in [0.1, 0.15) is 5.75 Å². The molecule has 9 heteroatoms. The van der Waals surface area contributed by atoms with E-state index in [1.165, 1.54) is 0 Å². The van der Waals surface area contributed by atoms with E-state index in [0.717, 1.165) is 64.9 Å². The highest BCUT2D eigenvalue weighted by molar-refractivity contribution is 6.37. The summed E-state index contributed by atoms with van der Waals surface area (Å²) in [4.78, 5) is 13.2. The number of ether oxygens (including phenoxy) is 1. The summed E-state index contributed by atoms with van der Waals surface area (Å²) in [6.07, 6.45) is 2.20. The molecule has 0 amide bonds. The maximum Gasteiger partial charge on any atom is 0.387 e. The highest BCUT2D eigenvalue weighted by atomic mass is 35.5. The summed E-state index contributed by atoms with van der Waals surface area (Å²) in [5, 5.41) is 11.0. The standard InChI is InChI=1S/C27H28Cl2F2N2O3/c1-15-10-19(36-27(30)31)14-24-21(15)12-18(32(24)3)13-22-23(28)5-4-20(26(22)29)16(2)33-8-6-17(7-9-33)11-25(34)35/h4-5,10,12,14,17,27H,2,6-9,11,13H2,1,3H3,(H,34,35). The number of benzene rings is 2. The van der Waals surface area contributed by atoms with Crippen molar-refractivity contribution in [2.45, 2.75) is 39.2 Å². The van der Waals surface area contributed by atoms with Crippen molar-refractivity contribution in [1.29, 1.82) is 0 Å². The number of piperidine rings is 1. The average Bonchev–Trinajstić information content (AvgIpc) is 3.12. The van der Waals surface area contributed by atoms with Crippen LogP contribution in [-0.4, -0.2) is 40.2 Å². The zero-order chi connectivity index (χ0) is 26.1. The molecule has 1 aliphatic rings. The number of nitrogens with zero attached hydrogens (tertiary/aromatic N) is 2. The molecule has 2 aromatic carbocycles. The van der Waals surface area contributed by atoms with Crippen LogP contribution in [0.4, 0.5) is 8.78 Å². The zero-order valence-corrected chi connectivity index (χ0v) is 21.7. The SMILES string of the molecule is C=C(c1ccc(Cl)c(Cc2cc3c(C)cc(OC(F)F)cc3n2C)c1Cl)N1CCC(CC(=O)O)CC1. The molecule has 5 nitrogen and oxygen atoms in total. The van der Waals surface area contributed by atoms with Gasteiger partial charge in [0.15, 0.2) is 0 Å². The Morgan fingerprint density at radius 2 is 1.92 bits per heavy atom. The van der Waals surface area contributed by atoms with E-state index in [2.05, 4.69) is 16.2 Å². The van der Waals surface area contributed by atoms with E-state index < -0.39 is 12.6 Å². The van der Waals surface area contributed by atoms with Gasteiger partial charge in [-0.15, -0.1) is 0 Å². The molecule has 4 rings (SSSR count). The molecule has 0 aliphatic carbocycles. The molecule has 1 saturated heterocycles. The predicted molar refractivity (Wildman–Crippen MR) is 139 cm³/mol. The number of aliphatic carboxylic acids is 1. The number of hydrogen-bond acceptors (Lipinski definition) is 3. The first kappa shape index (κ1) is 26.3. The van der Waals surface area contributed by atoms with Crippen LogP contribution in [0.3, 0.4) is 0 Å². The molecule has 1 fully saturated rings. The maximum atomic E-state index is 12.7. The molecule has 0 unspecified atom stereocenters. The monoisotopic (exact) mass is 536 g/mol. The fraction of sp³-hybridized carbons (Fsp3) is 0.370. The van der Waals surface area contributed by atoms with Crippen molar-refractivity contribution < 1.29 is 23.4 Å². The van der Waals surface area contributed by atoms with Gasteiger partial charge in [0.05, 0.1) is 10.5 Å². The number of rotatable bonds is 8. The van der Waals surface area contributed by atoms with Crippen molar-refractivity contribution in [2.75, 3.05) is 13.1 Å². The fourth-order valence-electron chi connectivity index (χ4n) is 4.96. The van der Waals surface area contributed by atoms with Crippen molar-refractivity contribution in [3.05, 3.63) is 69.3 Å². The van der Waals surface area contributed by atoms with Crippen LogP contribution in [0.25, 0.3) is 16.6 Å². The molecular formula is C27H28Cl2F2N2O3. The minimum Gasteiger partial charge on any atom is -0.481 e. The topological polar surface area (TPSA) is 54.7 Å². The molecule has 0 radical (unpaired) electrons. The molecule has 1 aliphatic heterocycles. The van der Waals surface area contributed by atoms with E-state index in [0.29, 0.717) is 16.5 Å². The van der Waals surface area contributed by atoms with E-state index in [-0.39, 0.29) is 18.1 Å². The summed E-state index contributed by atoms with van der Waals surface area (Å²) in [5.41, 5.74) is 4.85. The van der Waals surface area contributed by atoms with Crippen LogP contribution in [-0.2, 0) is 18.3 Å². The third-order valence-electron chi connectivity index (χ3n) is 6.98. The van der Waals surface area contributed by atoms with Crippen LogP contribution in [0.5, 0.6) is 5.75 Å². The summed E-state index contributed by atoms with van der Waals surface area (Å²) in [5.74, 6) is -0.479. The van der Waals surface area contributed by atoms with Crippen molar-refractivity contribution in [1.82, 2.24) is 9.47 Å². The lowest BCUT2D eigenvalue weighted by atomic mass is 9.92. The van der Waals surface area contributed by atoms with Gasteiger partial charge in [-0.3, -0.25) is 4.79 Å². The minimum atomic E-state index is -2.89. The van der Waals surface area contributed by atoms with Gasteiger partial charge in [-0.1, -0.05) is 29.8 Å². The summed E-state index contributed by atoms with van der Waals surface area (Å²) < 4.78 is 32.0. The molecule has 192 valence electrons. The Labute approximate surface area is 218 Å². The molecule has 0 saturated carbocycles. The van der Waals surface area contributed by atoms with Crippen LogP contribution in [0.15, 0.2) is 36.9 Å². The van der Waals surface area contributed by atoms with Crippen LogP contribution in [0.2, 0.25) is 10.0 Å². The van der Waals surface area contributed by atoms with Crippen LogP contribution in [0, 0.1) is 12.8 Å². The van der Waals surface area contributed by atoms with E-state index >= 15 is 0 Å². The Kier molecular flexibility index (Phi) is 7.81. The number of aryl methyl sites for hydroxylation is 2. The lowest BCUT2D eigenvalue weighted by Crippen LogP contribution is -2.33. The number of likely N-dealkylation sites (tertiary alicyclic amines) is 1. The number of fused-ring (bicyclic) bond motifs is 1. The van der Waals surface area contributed by atoms with Gasteiger partial charge >= 0.3 is 12.6 Å². The molecule has 0 spiro atoms. The minimum absolute atomic E-state index is 0.115. The second kappa shape index (κ2) is 10.7. The molecule has 3 aromatic rings. The van der Waals surface area contributed by atoms with E-state index in [9.17, 15) is 13.6 Å². The lowest BCUT2D eigenvalue weighted by molar-refractivity contribution is -0.138. The highest BCUT2D eigenvalue weighted by Crippen LogP contribution is 2.37. The normalized spacial score (nSPS) is 14.6. The van der Waals surface area contributed by atoms with Crippen molar-refractivity contribution in [2.24, 2.45) is 13.0 Å². The van der Waals surface area contributed by atoms with Gasteiger partial charge in [0.25, 0.3) is 0 Å². The smallest absolute Gasteiger partial charge is 0.387 e. The van der Waals surface area contributed by atoms with Gasteiger partial charge in [-0.2, -0.15) is 8.78 Å². The third-order valence-corrected chi connectivity index (χ3v) is 7.77. The molecule has 2 heterocycles. The molecule has 1 N–H and O–H groups in total. The summed E-state index contributed by atoms with van der Waals surface area (Å²) in [6, 6.07) is 8.89. The van der Waals surface area contributed by atoms with Crippen LogP contribution < -0.4 is 4.74 Å². The number of hydrogen-bond donors (Lipinski definition) is 1. The van der Waals surface area contributed by atoms with Gasteiger partial charge in [-0.25, -0.2) is 0 Å². The number of carboxylic acid groups (broad SMARTS) is 1. The first-order chi connectivity index (χ1) is 17.0. The Hall–Kier alpha value is -2.77. The van der Waals surface area contributed by atoms with Crippen LogP contribution >= 0.6 is 23.2 Å². The Morgan fingerprint density at radius 1 is 1.22 bits per heavy atom. The summed E-state index contributed by atoms with van der Waals surface area (Å²) >= 11 is 13.5. The molecule has 1 aromatic heterocycles. The van der Waals surface area contributed by atoms with Gasteiger partial charge < -0.3 is 19.3 Å². The Balaban J connectivity index is 1.60. The van der Waals surface area contributed by atoms with Crippen molar-refractivity contribution in [3.63, 3.8) is 0 Å². The summed E-state index contributed by atoms with van der Waals surface area (Å²) in [6.45, 7) is 4.67. The van der Waals surface area contributed by atoms with Crippen molar-refractivity contribution >= 4 is 45.8 Å². The molecular weight excluding hydrogens is 509 g/mol. The number of halogens is 4. The highest BCUT2D eigenvalue weighted by Gasteiger charge is 2.24. The van der Waals surface area contributed by atoms with Gasteiger partial charge in [0, 0.05) is 66.4 Å². The maximum absolute atomic E-state index is 12.7. The second-order valence-electron chi connectivity index (χ2n) is 9.29. The molecule has 0 atom stereocenters. The van der Waals surface area contributed by atoms with E-state index in [1.807, 2.05) is 36.7 Å². The van der Waals surface area contributed by atoms with Crippen LogP contribution in [0.1, 0.15) is 41.6 Å². The Bertz CT molecular complexity index is 1310. The average molecular weight is 537 g/mol. The second-order valence-corrected chi connectivity index (χ2v) is 10.1. The predicted octanol–water partition coefficient (Wildman–Crippen LogP) is 7.14.